The second-order valence-electron chi connectivity index (χ2n) is 5.85. The SMILES string of the molecule is Cc1ccc(C(=O)C(C)N2CCn3ccnc3C2)cc1C. The smallest absolute Gasteiger partial charge is 0.179 e. The lowest BCUT2D eigenvalue weighted by atomic mass is 9.99. The van der Waals surface area contributed by atoms with Gasteiger partial charge >= 0.3 is 0 Å². The Morgan fingerprint density at radius 2 is 2.05 bits per heavy atom. The van der Waals surface area contributed by atoms with Crippen LogP contribution >= 0.6 is 0 Å². The highest BCUT2D eigenvalue weighted by Gasteiger charge is 2.26. The summed E-state index contributed by atoms with van der Waals surface area (Å²) in [7, 11) is 0. The lowest BCUT2D eigenvalue weighted by Crippen LogP contribution is -2.43. The number of hydrogen-bond acceptors (Lipinski definition) is 3. The zero-order valence-corrected chi connectivity index (χ0v) is 12.8. The van der Waals surface area contributed by atoms with Crippen LogP contribution in [-0.2, 0) is 13.1 Å². The molecule has 0 bridgehead atoms. The molecule has 1 atom stereocenters. The number of hydrogen-bond donors (Lipinski definition) is 0. The Hall–Kier alpha value is -1.94. The molecular formula is C17H21N3O. The Balaban J connectivity index is 1.77. The molecule has 1 unspecified atom stereocenters. The highest BCUT2D eigenvalue weighted by Crippen LogP contribution is 2.18. The van der Waals surface area contributed by atoms with Crippen LogP contribution < -0.4 is 0 Å². The number of carbonyl (C=O) groups is 1. The van der Waals surface area contributed by atoms with E-state index in [1.165, 1.54) is 11.1 Å². The average molecular weight is 283 g/mol. The summed E-state index contributed by atoms with van der Waals surface area (Å²) >= 11 is 0. The number of imidazole rings is 1. The van der Waals surface area contributed by atoms with E-state index in [0.717, 1.165) is 31.0 Å². The first kappa shape index (κ1) is 14.0. The third-order valence-electron chi connectivity index (χ3n) is 4.49. The summed E-state index contributed by atoms with van der Waals surface area (Å²) in [6.07, 6.45) is 3.83. The Kier molecular flexibility index (Phi) is 3.64. The molecule has 21 heavy (non-hydrogen) atoms. The number of aromatic nitrogens is 2. The maximum Gasteiger partial charge on any atom is 0.179 e. The molecule has 0 saturated heterocycles. The van der Waals surface area contributed by atoms with Crippen LogP contribution in [0.1, 0.15) is 34.2 Å². The molecule has 0 N–H and O–H groups in total. The molecule has 0 aliphatic carbocycles. The van der Waals surface area contributed by atoms with Crippen molar-refractivity contribution in [3.63, 3.8) is 0 Å². The van der Waals surface area contributed by atoms with Gasteiger partial charge in [0.15, 0.2) is 5.78 Å². The lowest BCUT2D eigenvalue weighted by molar-refractivity contribution is 0.0793. The Morgan fingerprint density at radius 3 is 2.81 bits per heavy atom. The van der Waals surface area contributed by atoms with Gasteiger partial charge in [-0.1, -0.05) is 12.1 Å². The molecule has 0 amide bonds. The molecule has 1 aromatic carbocycles. The first-order valence-electron chi connectivity index (χ1n) is 7.42. The summed E-state index contributed by atoms with van der Waals surface area (Å²) in [6.45, 7) is 8.65. The molecule has 1 aromatic heterocycles. The van der Waals surface area contributed by atoms with E-state index in [2.05, 4.69) is 28.3 Å². The van der Waals surface area contributed by atoms with Crippen molar-refractivity contribution in [1.29, 1.82) is 0 Å². The van der Waals surface area contributed by atoms with Gasteiger partial charge in [0, 0.05) is 31.0 Å². The third kappa shape index (κ3) is 2.63. The van der Waals surface area contributed by atoms with Crippen molar-refractivity contribution in [2.75, 3.05) is 6.54 Å². The van der Waals surface area contributed by atoms with Gasteiger partial charge in [-0.2, -0.15) is 0 Å². The molecule has 2 aromatic rings. The van der Waals surface area contributed by atoms with E-state index in [0.29, 0.717) is 0 Å². The van der Waals surface area contributed by atoms with Crippen LogP contribution in [-0.4, -0.2) is 32.8 Å². The van der Waals surface area contributed by atoms with Crippen LogP contribution in [0.15, 0.2) is 30.6 Å². The fourth-order valence-electron chi connectivity index (χ4n) is 2.82. The first-order chi connectivity index (χ1) is 10.1. The zero-order valence-electron chi connectivity index (χ0n) is 12.8. The normalized spacial score (nSPS) is 16.5. The summed E-state index contributed by atoms with van der Waals surface area (Å²) in [6, 6.07) is 5.85. The molecule has 0 spiro atoms. The number of Topliss-reactive ketones (excluding diaryl/α,β-unsaturated/α-hetero) is 1. The van der Waals surface area contributed by atoms with E-state index in [9.17, 15) is 4.79 Å². The molecular weight excluding hydrogens is 262 g/mol. The fourth-order valence-corrected chi connectivity index (χ4v) is 2.82. The number of fused-ring (bicyclic) bond motifs is 1. The van der Waals surface area contributed by atoms with E-state index >= 15 is 0 Å². The largest absolute Gasteiger partial charge is 0.333 e. The molecule has 4 heteroatoms. The topological polar surface area (TPSA) is 38.1 Å². The minimum absolute atomic E-state index is 0.113. The van der Waals surface area contributed by atoms with Gasteiger partial charge in [0.1, 0.15) is 5.82 Å². The number of benzene rings is 1. The maximum absolute atomic E-state index is 12.7. The van der Waals surface area contributed by atoms with Gasteiger partial charge in [0.2, 0.25) is 0 Å². The number of carbonyl (C=O) groups excluding carboxylic acids is 1. The zero-order chi connectivity index (χ0) is 15.0. The minimum atomic E-state index is -0.113. The monoisotopic (exact) mass is 283 g/mol. The summed E-state index contributed by atoms with van der Waals surface area (Å²) < 4.78 is 2.16. The van der Waals surface area contributed by atoms with Crippen molar-refractivity contribution in [2.45, 2.75) is 39.9 Å². The van der Waals surface area contributed by atoms with Gasteiger partial charge in [0.05, 0.1) is 12.6 Å². The van der Waals surface area contributed by atoms with Gasteiger partial charge < -0.3 is 4.57 Å². The van der Waals surface area contributed by atoms with Gasteiger partial charge in [-0.05, 0) is 38.0 Å². The van der Waals surface area contributed by atoms with E-state index in [4.69, 9.17) is 0 Å². The molecule has 1 aliphatic heterocycles. The second-order valence-corrected chi connectivity index (χ2v) is 5.85. The number of rotatable bonds is 3. The van der Waals surface area contributed by atoms with Crippen LogP contribution in [0, 0.1) is 13.8 Å². The standard InChI is InChI=1S/C17H21N3O/c1-12-4-5-15(10-13(12)2)17(21)14(3)20-9-8-19-7-6-18-16(19)11-20/h4-7,10,14H,8-9,11H2,1-3H3. The van der Waals surface area contributed by atoms with Crippen molar-refractivity contribution in [3.05, 3.63) is 53.1 Å². The molecule has 0 fully saturated rings. The first-order valence-corrected chi connectivity index (χ1v) is 7.42. The predicted octanol–water partition coefficient (Wildman–Crippen LogP) is 2.59. The van der Waals surface area contributed by atoms with E-state index in [1.807, 2.05) is 37.5 Å². The van der Waals surface area contributed by atoms with Crippen molar-refractivity contribution < 1.29 is 4.79 Å². The molecule has 110 valence electrons. The van der Waals surface area contributed by atoms with Gasteiger partial charge in [-0.25, -0.2) is 4.98 Å². The lowest BCUT2D eigenvalue weighted by Gasteiger charge is -2.32. The van der Waals surface area contributed by atoms with Crippen LogP contribution in [0.4, 0.5) is 0 Å². The molecule has 1 aliphatic rings. The molecule has 2 heterocycles. The Morgan fingerprint density at radius 1 is 1.24 bits per heavy atom. The van der Waals surface area contributed by atoms with Crippen LogP contribution in [0.2, 0.25) is 0 Å². The van der Waals surface area contributed by atoms with Crippen molar-refractivity contribution in [3.8, 4) is 0 Å². The van der Waals surface area contributed by atoms with Gasteiger partial charge in [-0.3, -0.25) is 9.69 Å². The quantitative estimate of drug-likeness (QED) is 0.813. The average Bonchev–Trinajstić information content (AvgIpc) is 2.96. The summed E-state index contributed by atoms with van der Waals surface area (Å²) in [4.78, 5) is 19.3. The number of nitrogens with zero attached hydrogens (tertiary/aromatic N) is 3. The van der Waals surface area contributed by atoms with Gasteiger partial charge in [0.25, 0.3) is 0 Å². The van der Waals surface area contributed by atoms with E-state index < -0.39 is 0 Å². The van der Waals surface area contributed by atoms with Crippen LogP contribution in [0.5, 0.6) is 0 Å². The van der Waals surface area contributed by atoms with Crippen LogP contribution in [0.3, 0.4) is 0 Å². The molecule has 4 nitrogen and oxygen atoms in total. The summed E-state index contributed by atoms with van der Waals surface area (Å²) in [5.74, 6) is 1.24. The number of aryl methyl sites for hydroxylation is 2. The Bertz CT molecular complexity index is 674. The van der Waals surface area contributed by atoms with E-state index in [1.54, 1.807) is 0 Å². The van der Waals surface area contributed by atoms with Crippen molar-refractivity contribution >= 4 is 5.78 Å². The molecule has 0 saturated carbocycles. The van der Waals surface area contributed by atoms with Crippen LogP contribution in [0.25, 0.3) is 0 Å². The third-order valence-corrected chi connectivity index (χ3v) is 4.49. The highest BCUT2D eigenvalue weighted by atomic mass is 16.1. The van der Waals surface area contributed by atoms with Crippen molar-refractivity contribution in [1.82, 2.24) is 14.5 Å². The Labute approximate surface area is 125 Å². The maximum atomic E-state index is 12.7. The van der Waals surface area contributed by atoms with Crippen molar-refractivity contribution in [2.24, 2.45) is 0 Å². The summed E-state index contributed by atoms with van der Waals surface area (Å²) in [5, 5.41) is 0. The molecule has 0 radical (unpaired) electrons. The molecule has 3 rings (SSSR count). The predicted molar refractivity (Wildman–Crippen MR) is 82.3 cm³/mol. The number of ketones is 1. The highest BCUT2D eigenvalue weighted by molar-refractivity contribution is 6.00. The van der Waals surface area contributed by atoms with Gasteiger partial charge in [-0.15, -0.1) is 0 Å². The summed E-state index contributed by atoms with van der Waals surface area (Å²) in [5.41, 5.74) is 3.20. The second kappa shape index (κ2) is 5.45. The van der Waals surface area contributed by atoms with E-state index in [-0.39, 0.29) is 11.8 Å². The fraction of sp³-hybridized carbons (Fsp3) is 0.412. The minimum Gasteiger partial charge on any atom is -0.333 e.